The lowest BCUT2D eigenvalue weighted by molar-refractivity contribution is 0.531. The Morgan fingerprint density at radius 3 is 2.74 bits per heavy atom. The van der Waals surface area contributed by atoms with Gasteiger partial charge in [-0.1, -0.05) is 23.7 Å². The van der Waals surface area contributed by atoms with Gasteiger partial charge in [-0.3, -0.25) is 0 Å². The molecular weight excluding hydrogens is 344 g/mol. The Kier molecular flexibility index (Phi) is 6.02. The van der Waals surface area contributed by atoms with Crippen molar-refractivity contribution in [2.24, 2.45) is 0 Å². The fraction of sp³-hybridized carbons (Fsp3) is 0.389. The minimum Gasteiger partial charge on any atom is -0.317 e. The van der Waals surface area contributed by atoms with E-state index in [1.807, 2.05) is 30.0 Å². The fourth-order valence-corrected chi connectivity index (χ4v) is 5.29. The Bertz CT molecular complexity index is 699. The zero-order chi connectivity index (χ0) is 16.1. The average molecular weight is 363 g/mol. The van der Waals surface area contributed by atoms with Crippen LogP contribution in [0.1, 0.15) is 28.8 Å². The number of nitrogens with zero attached hydrogens (tertiary/aromatic N) is 1. The fourth-order valence-electron chi connectivity index (χ4n) is 2.83. The maximum atomic E-state index is 9.47. The zero-order valence-corrected chi connectivity index (χ0v) is 15.2. The van der Waals surface area contributed by atoms with Gasteiger partial charge < -0.3 is 5.32 Å². The molecule has 0 spiro atoms. The van der Waals surface area contributed by atoms with E-state index in [9.17, 15) is 5.26 Å². The number of hydrogen-bond acceptors (Lipinski definition) is 4. The quantitative estimate of drug-likeness (QED) is 0.821. The molecular formula is C18H19ClN2S2. The van der Waals surface area contributed by atoms with Crippen LogP contribution in [0.25, 0.3) is 0 Å². The van der Waals surface area contributed by atoms with Gasteiger partial charge in [0.1, 0.15) is 6.07 Å². The number of piperidine rings is 1. The van der Waals surface area contributed by atoms with Gasteiger partial charge in [0.05, 0.1) is 9.90 Å². The smallest absolute Gasteiger partial charge is 0.100 e. The molecule has 1 aliphatic heterocycles. The van der Waals surface area contributed by atoms with Crippen molar-refractivity contribution in [2.45, 2.75) is 35.8 Å². The van der Waals surface area contributed by atoms with E-state index in [1.165, 1.54) is 28.2 Å². The van der Waals surface area contributed by atoms with E-state index >= 15 is 0 Å². The van der Waals surface area contributed by atoms with Gasteiger partial charge in [0.2, 0.25) is 0 Å². The molecule has 1 saturated heterocycles. The first-order chi connectivity index (χ1) is 11.3. The minimum absolute atomic E-state index is 0.612. The standard InChI is InChI=1S/C18H19ClN2S2/c19-17-7-6-15(22-17)5-4-13-2-1-3-14(12-20)18(13)23-16-8-10-21-11-9-16/h1-3,6-7,16,21H,4-5,8-11H2. The number of thioether (sulfide) groups is 1. The number of nitrogens with one attached hydrogen (secondary N) is 1. The van der Waals surface area contributed by atoms with Crippen LogP contribution >= 0.6 is 34.7 Å². The molecule has 2 heterocycles. The molecule has 1 aromatic carbocycles. The summed E-state index contributed by atoms with van der Waals surface area (Å²) in [7, 11) is 0. The van der Waals surface area contributed by atoms with Crippen molar-refractivity contribution in [1.29, 1.82) is 5.26 Å². The van der Waals surface area contributed by atoms with Crippen molar-refractivity contribution in [3.05, 3.63) is 50.7 Å². The summed E-state index contributed by atoms with van der Waals surface area (Å²) in [6.07, 6.45) is 4.28. The van der Waals surface area contributed by atoms with Crippen LogP contribution in [0.15, 0.2) is 35.2 Å². The molecule has 1 aromatic heterocycles. The van der Waals surface area contributed by atoms with Gasteiger partial charge in [0, 0.05) is 15.0 Å². The van der Waals surface area contributed by atoms with E-state index in [2.05, 4.69) is 23.5 Å². The third-order valence-electron chi connectivity index (χ3n) is 4.06. The summed E-state index contributed by atoms with van der Waals surface area (Å²) in [4.78, 5) is 2.49. The Balaban J connectivity index is 1.76. The first-order valence-corrected chi connectivity index (χ1v) is 9.97. The highest BCUT2D eigenvalue weighted by atomic mass is 35.5. The molecule has 0 unspecified atom stereocenters. The number of rotatable bonds is 5. The second kappa shape index (κ2) is 8.21. The summed E-state index contributed by atoms with van der Waals surface area (Å²) in [6, 6.07) is 12.5. The van der Waals surface area contributed by atoms with Crippen LogP contribution < -0.4 is 5.32 Å². The summed E-state index contributed by atoms with van der Waals surface area (Å²) in [5.74, 6) is 0. The molecule has 0 saturated carbocycles. The average Bonchev–Trinajstić information content (AvgIpc) is 3.00. The zero-order valence-electron chi connectivity index (χ0n) is 12.8. The van der Waals surface area contributed by atoms with E-state index in [-0.39, 0.29) is 0 Å². The molecule has 3 rings (SSSR count). The van der Waals surface area contributed by atoms with Gasteiger partial charge in [-0.05, 0) is 62.5 Å². The van der Waals surface area contributed by atoms with Crippen LogP contribution in [-0.4, -0.2) is 18.3 Å². The summed E-state index contributed by atoms with van der Waals surface area (Å²) < 4.78 is 0.843. The lowest BCUT2D eigenvalue weighted by atomic mass is 10.1. The van der Waals surface area contributed by atoms with E-state index in [0.717, 1.165) is 35.8 Å². The van der Waals surface area contributed by atoms with E-state index in [4.69, 9.17) is 11.6 Å². The van der Waals surface area contributed by atoms with Gasteiger partial charge in [0.15, 0.2) is 0 Å². The van der Waals surface area contributed by atoms with E-state index in [0.29, 0.717) is 5.25 Å². The maximum absolute atomic E-state index is 9.47. The number of aryl methyl sites for hydroxylation is 2. The SMILES string of the molecule is N#Cc1cccc(CCc2ccc(Cl)s2)c1SC1CCNCC1. The minimum atomic E-state index is 0.612. The van der Waals surface area contributed by atoms with Crippen molar-refractivity contribution >= 4 is 34.7 Å². The molecule has 2 aromatic rings. The topological polar surface area (TPSA) is 35.8 Å². The largest absolute Gasteiger partial charge is 0.317 e. The molecule has 0 amide bonds. The molecule has 120 valence electrons. The Morgan fingerprint density at radius 2 is 2.04 bits per heavy atom. The molecule has 2 nitrogen and oxygen atoms in total. The number of thiophene rings is 1. The van der Waals surface area contributed by atoms with E-state index < -0.39 is 0 Å². The number of hydrogen-bond donors (Lipinski definition) is 1. The van der Waals surface area contributed by atoms with E-state index in [1.54, 1.807) is 11.3 Å². The summed E-state index contributed by atoms with van der Waals surface area (Å²) in [6.45, 7) is 2.16. The normalized spacial score (nSPS) is 15.5. The van der Waals surface area contributed by atoms with Gasteiger partial charge in [-0.25, -0.2) is 0 Å². The summed E-state index contributed by atoms with van der Waals surface area (Å²) in [5.41, 5.74) is 2.10. The molecule has 0 bridgehead atoms. The number of benzene rings is 1. The molecule has 1 fully saturated rings. The maximum Gasteiger partial charge on any atom is 0.100 e. The highest BCUT2D eigenvalue weighted by Crippen LogP contribution is 2.35. The number of nitriles is 1. The molecule has 0 atom stereocenters. The molecule has 23 heavy (non-hydrogen) atoms. The van der Waals surface area contributed by atoms with Crippen LogP contribution in [0, 0.1) is 11.3 Å². The van der Waals surface area contributed by atoms with Crippen molar-refractivity contribution < 1.29 is 0 Å². The van der Waals surface area contributed by atoms with Crippen LogP contribution in [0.5, 0.6) is 0 Å². The van der Waals surface area contributed by atoms with Crippen molar-refractivity contribution in [2.75, 3.05) is 13.1 Å². The molecule has 5 heteroatoms. The molecule has 0 radical (unpaired) electrons. The lowest BCUT2D eigenvalue weighted by Crippen LogP contribution is -2.29. The van der Waals surface area contributed by atoms with Crippen molar-refractivity contribution in [3.63, 3.8) is 0 Å². The predicted octanol–water partition coefficient (Wildman–Crippen LogP) is 4.90. The molecule has 1 N–H and O–H groups in total. The van der Waals surface area contributed by atoms with Gasteiger partial charge in [0.25, 0.3) is 0 Å². The monoisotopic (exact) mass is 362 g/mol. The summed E-state index contributed by atoms with van der Waals surface area (Å²) >= 11 is 9.56. The van der Waals surface area contributed by atoms with Gasteiger partial charge >= 0.3 is 0 Å². The lowest BCUT2D eigenvalue weighted by Gasteiger charge is -2.23. The van der Waals surface area contributed by atoms with Crippen molar-refractivity contribution in [3.8, 4) is 6.07 Å². The van der Waals surface area contributed by atoms with Gasteiger partial charge in [-0.2, -0.15) is 5.26 Å². The van der Waals surface area contributed by atoms with Crippen LogP contribution in [-0.2, 0) is 12.8 Å². The second-order valence-electron chi connectivity index (χ2n) is 5.68. The highest BCUT2D eigenvalue weighted by Gasteiger charge is 2.18. The number of halogens is 1. The first-order valence-electron chi connectivity index (χ1n) is 7.90. The van der Waals surface area contributed by atoms with Crippen molar-refractivity contribution in [1.82, 2.24) is 5.32 Å². The predicted molar refractivity (Wildman–Crippen MR) is 99.6 cm³/mol. The Labute approximate surface area is 150 Å². The molecule has 0 aliphatic carbocycles. The Hall–Kier alpha value is -0.990. The van der Waals surface area contributed by atoms with Crippen LogP contribution in [0.4, 0.5) is 0 Å². The third kappa shape index (κ3) is 4.51. The first kappa shape index (κ1) is 16.9. The van der Waals surface area contributed by atoms with Crippen LogP contribution in [0.2, 0.25) is 4.34 Å². The van der Waals surface area contributed by atoms with Crippen LogP contribution in [0.3, 0.4) is 0 Å². The summed E-state index contributed by atoms with van der Waals surface area (Å²) in [5, 5.41) is 13.5. The third-order valence-corrected chi connectivity index (χ3v) is 6.87. The second-order valence-corrected chi connectivity index (χ2v) is 8.79. The highest BCUT2D eigenvalue weighted by molar-refractivity contribution is 8.00. The Morgan fingerprint density at radius 1 is 1.22 bits per heavy atom. The van der Waals surface area contributed by atoms with Gasteiger partial charge in [-0.15, -0.1) is 23.1 Å². The molecule has 1 aliphatic rings.